The third-order valence-corrected chi connectivity index (χ3v) is 2.58. The third-order valence-electron chi connectivity index (χ3n) is 2.58. The average Bonchev–Trinajstić information content (AvgIpc) is 2.77. The molecular weight excluding hydrogens is 240 g/mol. The van der Waals surface area contributed by atoms with Gasteiger partial charge in [0.05, 0.1) is 11.8 Å². The van der Waals surface area contributed by atoms with Crippen molar-refractivity contribution in [3.63, 3.8) is 0 Å². The van der Waals surface area contributed by atoms with Crippen LogP contribution in [0.15, 0.2) is 30.6 Å². The lowest BCUT2D eigenvalue weighted by Gasteiger charge is -2.14. The van der Waals surface area contributed by atoms with E-state index in [-0.39, 0.29) is 6.10 Å². The summed E-state index contributed by atoms with van der Waals surface area (Å²) in [7, 11) is 1.92. The van der Waals surface area contributed by atoms with E-state index in [0.717, 1.165) is 30.2 Å². The zero-order valence-corrected chi connectivity index (χ0v) is 11.6. The van der Waals surface area contributed by atoms with Crippen LogP contribution in [0.1, 0.15) is 19.5 Å². The first-order chi connectivity index (χ1) is 9.15. The number of anilines is 1. The zero-order chi connectivity index (χ0) is 13.7. The highest BCUT2D eigenvalue weighted by Gasteiger charge is 2.06. The molecule has 0 bridgehead atoms. The molecule has 0 radical (unpaired) electrons. The van der Waals surface area contributed by atoms with Crippen molar-refractivity contribution >= 4 is 5.82 Å². The highest BCUT2D eigenvalue weighted by molar-refractivity contribution is 5.49. The second-order valence-corrected chi connectivity index (χ2v) is 4.67. The molecule has 1 N–H and O–H groups in total. The molecule has 0 spiro atoms. The molecule has 2 aromatic heterocycles. The van der Waals surface area contributed by atoms with E-state index in [9.17, 15) is 0 Å². The Morgan fingerprint density at radius 2 is 2.21 bits per heavy atom. The van der Waals surface area contributed by atoms with Crippen molar-refractivity contribution in [3.05, 3.63) is 36.3 Å². The molecule has 0 aliphatic heterocycles. The molecule has 0 saturated heterocycles. The number of hydrogen-bond donors (Lipinski definition) is 1. The van der Waals surface area contributed by atoms with Gasteiger partial charge in [-0.3, -0.25) is 4.68 Å². The van der Waals surface area contributed by atoms with Gasteiger partial charge in [-0.15, -0.1) is 0 Å². The highest BCUT2D eigenvalue weighted by atomic mass is 16.5. The van der Waals surface area contributed by atoms with E-state index in [1.165, 1.54) is 0 Å². The minimum Gasteiger partial charge on any atom is -0.487 e. The van der Waals surface area contributed by atoms with E-state index in [0.29, 0.717) is 0 Å². The summed E-state index contributed by atoms with van der Waals surface area (Å²) in [5, 5.41) is 7.63. The molecule has 0 aliphatic carbocycles. The number of pyridine rings is 1. The quantitative estimate of drug-likeness (QED) is 0.865. The number of nitrogens with zero attached hydrogens (tertiary/aromatic N) is 3. The first-order valence-corrected chi connectivity index (χ1v) is 6.49. The first-order valence-electron chi connectivity index (χ1n) is 6.49. The number of nitrogens with one attached hydrogen (secondary N) is 1. The lowest BCUT2D eigenvalue weighted by molar-refractivity contribution is 0.243. The van der Waals surface area contributed by atoms with Crippen molar-refractivity contribution < 1.29 is 4.74 Å². The van der Waals surface area contributed by atoms with Crippen molar-refractivity contribution in [2.24, 2.45) is 7.05 Å². The number of ether oxygens (including phenoxy) is 1. The topological polar surface area (TPSA) is 52.0 Å². The van der Waals surface area contributed by atoms with Crippen LogP contribution in [0.4, 0.5) is 5.82 Å². The van der Waals surface area contributed by atoms with Gasteiger partial charge in [0.25, 0.3) is 0 Å². The zero-order valence-electron chi connectivity index (χ0n) is 11.6. The Hall–Kier alpha value is -2.04. The fourth-order valence-electron chi connectivity index (χ4n) is 1.78. The van der Waals surface area contributed by atoms with Crippen LogP contribution in [0.25, 0.3) is 0 Å². The molecule has 102 valence electrons. The second kappa shape index (κ2) is 6.22. The average molecular weight is 260 g/mol. The monoisotopic (exact) mass is 260 g/mol. The summed E-state index contributed by atoms with van der Waals surface area (Å²) in [5.41, 5.74) is 1.07. The SMILES string of the molecule is CC(C)Oc1cccnc1NCCc1ccn(C)n1. The standard InChI is InChI=1S/C14H20N4O/c1-11(2)19-13-5-4-8-15-14(13)16-9-6-12-7-10-18(3)17-12/h4-5,7-8,10-11H,6,9H2,1-3H3,(H,15,16). The molecule has 2 aromatic rings. The molecule has 0 aromatic carbocycles. The van der Waals surface area contributed by atoms with Crippen molar-refractivity contribution in [1.29, 1.82) is 0 Å². The van der Waals surface area contributed by atoms with Gasteiger partial charge >= 0.3 is 0 Å². The van der Waals surface area contributed by atoms with E-state index >= 15 is 0 Å². The summed E-state index contributed by atoms with van der Waals surface area (Å²) in [6.45, 7) is 4.79. The van der Waals surface area contributed by atoms with Gasteiger partial charge in [0, 0.05) is 32.4 Å². The molecule has 0 unspecified atom stereocenters. The van der Waals surface area contributed by atoms with Crippen LogP contribution in [0.5, 0.6) is 5.75 Å². The van der Waals surface area contributed by atoms with Crippen LogP contribution in [0, 0.1) is 0 Å². The van der Waals surface area contributed by atoms with Gasteiger partial charge in [0.2, 0.25) is 0 Å². The number of aryl methyl sites for hydroxylation is 1. The fraction of sp³-hybridized carbons (Fsp3) is 0.429. The van der Waals surface area contributed by atoms with Gasteiger partial charge < -0.3 is 10.1 Å². The van der Waals surface area contributed by atoms with Crippen LogP contribution in [0.2, 0.25) is 0 Å². The second-order valence-electron chi connectivity index (χ2n) is 4.67. The minimum absolute atomic E-state index is 0.139. The molecule has 5 heteroatoms. The van der Waals surface area contributed by atoms with E-state index in [4.69, 9.17) is 4.74 Å². The summed E-state index contributed by atoms with van der Waals surface area (Å²) in [6.07, 6.45) is 4.71. The fourth-order valence-corrected chi connectivity index (χ4v) is 1.78. The Kier molecular flexibility index (Phi) is 4.39. The van der Waals surface area contributed by atoms with Gasteiger partial charge in [0.15, 0.2) is 11.6 Å². The van der Waals surface area contributed by atoms with E-state index < -0.39 is 0 Å². The van der Waals surface area contributed by atoms with Crippen LogP contribution in [0.3, 0.4) is 0 Å². The summed E-state index contributed by atoms with van der Waals surface area (Å²) in [4.78, 5) is 4.31. The van der Waals surface area contributed by atoms with Gasteiger partial charge in [-0.05, 0) is 32.0 Å². The van der Waals surface area contributed by atoms with Crippen LogP contribution in [-0.2, 0) is 13.5 Å². The molecule has 2 rings (SSSR count). The van der Waals surface area contributed by atoms with Gasteiger partial charge in [-0.2, -0.15) is 5.10 Å². The van der Waals surface area contributed by atoms with Gasteiger partial charge in [0.1, 0.15) is 0 Å². The van der Waals surface area contributed by atoms with Crippen LogP contribution >= 0.6 is 0 Å². The number of aromatic nitrogens is 3. The van der Waals surface area contributed by atoms with E-state index in [1.54, 1.807) is 6.20 Å². The molecule has 0 saturated carbocycles. The molecule has 5 nitrogen and oxygen atoms in total. The lowest BCUT2D eigenvalue weighted by atomic mass is 10.3. The molecule has 0 atom stereocenters. The van der Waals surface area contributed by atoms with Crippen molar-refractivity contribution in [2.75, 3.05) is 11.9 Å². The van der Waals surface area contributed by atoms with E-state index in [1.807, 2.05) is 50.0 Å². The van der Waals surface area contributed by atoms with Crippen molar-refractivity contribution in [3.8, 4) is 5.75 Å². The Labute approximate surface area is 113 Å². The highest BCUT2D eigenvalue weighted by Crippen LogP contribution is 2.21. The predicted octanol–water partition coefficient (Wildman–Crippen LogP) is 2.26. The summed E-state index contributed by atoms with van der Waals surface area (Å²) in [6, 6.07) is 5.82. The maximum atomic E-state index is 5.71. The minimum atomic E-state index is 0.139. The smallest absolute Gasteiger partial charge is 0.168 e. The summed E-state index contributed by atoms with van der Waals surface area (Å²) < 4.78 is 7.52. The van der Waals surface area contributed by atoms with Crippen LogP contribution < -0.4 is 10.1 Å². The third kappa shape index (κ3) is 3.98. The van der Waals surface area contributed by atoms with E-state index in [2.05, 4.69) is 15.4 Å². The molecular formula is C14H20N4O. The normalized spacial score (nSPS) is 10.7. The van der Waals surface area contributed by atoms with Gasteiger partial charge in [-0.1, -0.05) is 0 Å². The maximum Gasteiger partial charge on any atom is 0.168 e. The summed E-state index contributed by atoms with van der Waals surface area (Å²) in [5.74, 6) is 1.57. The Morgan fingerprint density at radius 1 is 1.37 bits per heavy atom. The Bertz CT molecular complexity index is 522. The molecule has 0 amide bonds. The molecule has 2 heterocycles. The Morgan fingerprint density at radius 3 is 2.89 bits per heavy atom. The lowest BCUT2D eigenvalue weighted by Crippen LogP contribution is -2.11. The number of hydrogen-bond acceptors (Lipinski definition) is 4. The largest absolute Gasteiger partial charge is 0.487 e. The van der Waals surface area contributed by atoms with Gasteiger partial charge in [-0.25, -0.2) is 4.98 Å². The first kappa shape index (κ1) is 13.4. The number of rotatable bonds is 6. The predicted molar refractivity (Wildman–Crippen MR) is 75.4 cm³/mol. The molecule has 0 aliphatic rings. The summed E-state index contributed by atoms with van der Waals surface area (Å²) >= 11 is 0. The van der Waals surface area contributed by atoms with Crippen molar-refractivity contribution in [2.45, 2.75) is 26.4 Å². The molecule has 19 heavy (non-hydrogen) atoms. The maximum absolute atomic E-state index is 5.71. The van der Waals surface area contributed by atoms with Crippen LogP contribution in [-0.4, -0.2) is 27.4 Å². The van der Waals surface area contributed by atoms with Crippen molar-refractivity contribution in [1.82, 2.24) is 14.8 Å². The molecule has 0 fully saturated rings. The Balaban J connectivity index is 1.92.